The van der Waals surface area contributed by atoms with Gasteiger partial charge in [0.2, 0.25) is 11.8 Å². The van der Waals surface area contributed by atoms with E-state index in [1.165, 1.54) is 16.0 Å². The molecule has 1 aliphatic heterocycles. The van der Waals surface area contributed by atoms with Gasteiger partial charge in [0, 0.05) is 24.4 Å². The molecule has 0 N–H and O–H groups in total. The largest absolute Gasteiger partial charge is 0.491 e. The Labute approximate surface area is 177 Å². The standard InChI is InChI=1S/C23H30N2O3S/c1-5-22(26)24(6-2)14-23(27)25-11-9-21-18(10-12-29-21)19(25)15-28-20-8-7-16(3)13-17(20)4/h7-8,10,12-13,19H,5-6,9,11,14-15H2,1-4H3/t19-/m1/s1. The molecule has 1 aromatic carbocycles. The van der Waals surface area contributed by atoms with Crippen LogP contribution in [0.15, 0.2) is 29.6 Å². The maximum absolute atomic E-state index is 13.1. The van der Waals surface area contributed by atoms with Gasteiger partial charge in [-0.25, -0.2) is 0 Å². The van der Waals surface area contributed by atoms with Gasteiger partial charge in [0.05, 0.1) is 12.6 Å². The van der Waals surface area contributed by atoms with Gasteiger partial charge in [-0.1, -0.05) is 24.6 Å². The second-order valence-electron chi connectivity index (χ2n) is 7.49. The van der Waals surface area contributed by atoms with E-state index in [1.54, 1.807) is 16.2 Å². The molecule has 0 aliphatic carbocycles. The van der Waals surface area contributed by atoms with E-state index in [2.05, 4.69) is 24.4 Å². The molecule has 0 spiro atoms. The van der Waals surface area contributed by atoms with Crippen molar-refractivity contribution in [1.29, 1.82) is 0 Å². The highest BCUT2D eigenvalue weighted by atomic mass is 32.1. The number of nitrogens with zero attached hydrogens (tertiary/aromatic N) is 2. The zero-order chi connectivity index (χ0) is 21.0. The molecule has 1 aliphatic rings. The maximum atomic E-state index is 13.1. The van der Waals surface area contributed by atoms with Gasteiger partial charge < -0.3 is 14.5 Å². The Morgan fingerprint density at radius 2 is 2.03 bits per heavy atom. The van der Waals surface area contributed by atoms with Crippen LogP contribution in [0.3, 0.4) is 0 Å². The average Bonchev–Trinajstić information content (AvgIpc) is 3.19. The number of aryl methyl sites for hydroxylation is 2. The van der Waals surface area contributed by atoms with E-state index in [-0.39, 0.29) is 24.4 Å². The lowest BCUT2D eigenvalue weighted by molar-refractivity contribution is -0.142. The third-order valence-corrected chi connectivity index (χ3v) is 6.50. The molecule has 1 aromatic heterocycles. The van der Waals surface area contributed by atoms with Crippen LogP contribution >= 0.6 is 11.3 Å². The van der Waals surface area contributed by atoms with Gasteiger partial charge >= 0.3 is 0 Å². The molecule has 0 bridgehead atoms. The smallest absolute Gasteiger partial charge is 0.242 e. The summed E-state index contributed by atoms with van der Waals surface area (Å²) < 4.78 is 6.17. The fourth-order valence-corrected chi connectivity index (χ4v) is 4.79. The molecule has 3 rings (SSSR count). The summed E-state index contributed by atoms with van der Waals surface area (Å²) in [7, 11) is 0. The average molecular weight is 415 g/mol. The quantitative estimate of drug-likeness (QED) is 0.685. The van der Waals surface area contributed by atoms with Crippen LogP contribution in [-0.2, 0) is 16.0 Å². The van der Waals surface area contributed by atoms with Crippen LogP contribution in [0.5, 0.6) is 5.75 Å². The molecular formula is C23H30N2O3S. The highest BCUT2D eigenvalue weighted by Crippen LogP contribution is 2.34. The van der Waals surface area contributed by atoms with E-state index >= 15 is 0 Å². The first-order valence-corrected chi connectivity index (χ1v) is 11.2. The number of carbonyl (C=O) groups excluding carboxylic acids is 2. The van der Waals surface area contributed by atoms with Crippen LogP contribution in [0, 0.1) is 13.8 Å². The first-order valence-electron chi connectivity index (χ1n) is 10.3. The number of fused-ring (bicyclic) bond motifs is 1. The molecule has 5 nitrogen and oxygen atoms in total. The van der Waals surface area contributed by atoms with Crippen molar-refractivity contribution >= 4 is 23.2 Å². The van der Waals surface area contributed by atoms with Crippen molar-refractivity contribution in [1.82, 2.24) is 9.80 Å². The molecule has 0 fully saturated rings. The van der Waals surface area contributed by atoms with Crippen molar-refractivity contribution in [2.75, 3.05) is 26.2 Å². The molecule has 29 heavy (non-hydrogen) atoms. The zero-order valence-electron chi connectivity index (χ0n) is 17.7. The van der Waals surface area contributed by atoms with Gasteiger partial charge in [0.1, 0.15) is 12.4 Å². The third kappa shape index (κ3) is 4.81. The van der Waals surface area contributed by atoms with E-state index < -0.39 is 0 Å². The Bertz CT molecular complexity index is 877. The molecule has 2 aromatic rings. The number of hydrogen-bond acceptors (Lipinski definition) is 4. The third-order valence-electron chi connectivity index (χ3n) is 5.51. The molecular weight excluding hydrogens is 384 g/mol. The normalized spacial score (nSPS) is 15.7. The minimum absolute atomic E-state index is 0.0113. The number of ether oxygens (including phenoxy) is 1. The topological polar surface area (TPSA) is 49.9 Å². The summed E-state index contributed by atoms with van der Waals surface area (Å²) in [4.78, 5) is 30.1. The fourth-order valence-electron chi connectivity index (χ4n) is 3.86. The van der Waals surface area contributed by atoms with Crippen LogP contribution in [0.4, 0.5) is 0 Å². The van der Waals surface area contributed by atoms with E-state index in [0.29, 0.717) is 26.1 Å². The summed E-state index contributed by atoms with van der Waals surface area (Å²) in [6.07, 6.45) is 1.27. The number of thiophene rings is 1. The molecule has 0 radical (unpaired) electrons. The number of amides is 2. The lowest BCUT2D eigenvalue weighted by Gasteiger charge is -2.37. The SMILES string of the molecule is CCC(=O)N(CC)CC(=O)N1CCc2sccc2[C@H]1COc1ccc(C)cc1C. The molecule has 0 saturated heterocycles. The Balaban J connectivity index is 1.78. The van der Waals surface area contributed by atoms with Gasteiger partial charge in [-0.15, -0.1) is 11.3 Å². The monoisotopic (exact) mass is 414 g/mol. The maximum Gasteiger partial charge on any atom is 0.242 e. The van der Waals surface area contributed by atoms with Crippen molar-refractivity contribution in [3.05, 3.63) is 51.2 Å². The number of rotatable bonds is 7. The van der Waals surface area contributed by atoms with Crippen LogP contribution in [0.1, 0.15) is 47.9 Å². The summed E-state index contributed by atoms with van der Waals surface area (Å²) in [5, 5.41) is 2.09. The lowest BCUT2D eigenvalue weighted by atomic mass is 10.00. The van der Waals surface area contributed by atoms with E-state index in [9.17, 15) is 9.59 Å². The van der Waals surface area contributed by atoms with Crippen LogP contribution in [0.2, 0.25) is 0 Å². The molecule has 156 valence electrons. The second kappa shape index (κ2) is 9.44. The van der Waals surface area contributed by atoms with Crippen molar-refractivity contribution in [3.8, 4) is 5.75 Å². The van der Waals surface area contributed by atoms with Crippen LogP contribution in [-0.4, -0.2) is 47.9 Å². The molecule has 2 amide bonds. The van der Waals surface area contributed by atoms with Gasteiger partial charge in [-0.3, -0.25) is 9.59 Å². The van der Waals surface area contributed by atoms with Crippen molar-refractivity contribution in [2.24, 2.45) is 0 Å². The Morgan fingerprint density at radius 1 is 1.24 bits per heavy atom. The van der Waals surface area contributed by atoms with Gasteiger partial charge in [-0.05, 0) is 55.8 Å². The highest BCUT2D eigenvalue weighted by molar-refractivity contribution is 7.10. The minimum atomic E-state index is -0.131. The summed E-state index contributed by atoms with van der Waals surface area (Å²) >= 11 is 1.74. The van der Waals surface area contributed by atoms with E-state index in [0.717, 1.165) is 17.7 Å². The van der Waals surface area contributed by atoms with Gasteiger partial charge in [0.15, 0.2) is 0 Å². The number of carbonyl (C=O) groups is 2. The highest BCUT2D eigenvalue weighted by Gasteiger charge is 2.33. The van der Waals surface area contributed by atoms with Crippen molar-refractivity contribution < 1.29 is 14.3 Å². The fraction of sp³-hybridized carbons (Fsp3) is 0.478. The summed E-state index contributed by atoms with van der Waals surface area (Å²) in [5.41, 5.74) is 3.46. The van der Waals surface area contributed by atoms with E-state index in [1.807, 2.05) is 37.8 Å². The summed E-state index contributed by atoms with van der Waals surface area (Å²) in [6.45, 7) is 9.58. The summed E-state index contributed by atoms with van der Waals surface area (Å²) in [6, 6.07) is 8.10. The molecule has 6 heteroatoms. The Hall–Kier alpha value is -2.34. The molecule has 0 unspecified atom stereocenters. The molecule has 2 heterocycles. The predicted octanol–water partition coefficient (Wildman–Crippen LogP) is 4.13. The molecule has 0 saturated carbocycles. The van der Waals surface area contributed by atoms with Crippen LogP contribution < -0.4 is 4.74 Å². The lowest BCUT2D eigenvalue weighted by Crippen LogP contribution is -2.47. The molecule has 1 atom stereocenters. The number of hydrogen-bond donors (Lipinski definition) is 0. The van der Waals surface area contributed by atoms with Crippen LogP contribution in [0.25, 0.3) is 0 Å². The number of benzene rings is 1. The Morgan fingerprint density at radius 3 is 2.72 bits per heavy atom. The van der Waals surface area contributed by atoms with Gasteiger partial charge in [-0.2, -0.15) is 0 Å². The summed E-state index contributed by atoms with van der Waals surface area (Å²) in [5.74, 6) is 0.846. The zero-order valence-corrected chi connectivity index (χ0v) is 18.6. The van der Waals surface area contributed by atoms with Crippen molar-refractivity contribution in [2.45, 2.75) is 46.6 Å². The number of likely N-dealkylation sites (N-methyl/N-ethyl adjacent to an activating group) is 1. The van der Waals surface area contributed by atoms with E-state index in [4.69, 9.17) is 4.74 Å². The van der Waals surface area contributed by atoms with Gasteiger partial charge in [0.25, 0.3) is 0 Å². The van der Waals surface area contributed by atoms with Crippen molar-refractivity contribution in [3.63, 3.8) is 0 Å². The minimum Gasteiger partial charge on any atom is -0.491 e. The first kappa shape index (κ1) is 21.4. The first-order chi connectivity index (χ1) is 13.9. The Kier molecular flexibility index (Phi) is 6.96. The second-order valence-corrected chi connectivity index (χ2v) is 8.49. The predicted molar refractivity (Wildman–Crippen MR) is 116 cm³/mol.